The van der Waals surface area contributed by atoms with E-state index in [1.54, 1.807) is 23.2 Å². The molecular formula is C27H27ClN6O4. The lowest BCUT2D eigenvalue weighted by molar-refractivity contribution is -0.123. The fourth-order valence-electron chi connectivity index (χ4n) is 4.12. The van der Waals surface area contributed by atoms with Crippen LogP contribution in [0, 0.1) is 0 Å². The topological polar surface area (TPSA) is 111 Å². The van der Waals surface area contributed by atoms with Gasteiger partial charge in [-0.25, -0.2) is 4.79 Å². The number of rotatable bonds is 10. The molecule has 0 radical (unpaired) electrons. The average Bonchev–Trinajstić information content (AvgIpc) is 3.64. The molecule has 2 aliphatic rings. The van der Waals surface area contributed by atoms with Crippen LogP contribution < -0.4 is 5.32 Å². The minimum absolute atomic E-state index is 0.143. The highest BCUT2D eigenvalue weighted by Gasteiger charge is 2.43. The molecule has 0 saturated heterocycles. The average molecular weight is 535 g/mol. The van der Waals surface area contributed by atoms with E-state index in [1.165, 1.54) is 6.08 Å². The number of halogens is 1. The van der Waals surface area contributed by atoms with E-state index < -0.39 is 17.7 Å². The van der Waals surface area contributed by atoms with Gasteiger partial charge in [-0.15, -0.1) is 10.2 Å². The molecule has 0 bridgehead atoms. The fraction of sp³-hybridized carbons (Fsp3) is 0.296. The number of hydrogen-bond donors (Lipinski definition) is 1. The quantitative estimate of drug-likeness (QED) is 0.399. The van der Waals surface area contributed by atoms with Gasteiger partial charge >= 0.3 is 6.09 Å². The molecule has 3 aromatic rings. The van der Waals surface area contributed by atoms with Gasteiger partial charge in [-0.2, -0.15) is 0 Å². The SMILES string of the molecule is C=CC1(C(=O)N[C@H](COCc2ccccc2)c2nnc3n2CCN(C(=O)OCc2ccc(Cl)cc2)C3)C=N1. The zero-order chi connectivity index (χ0) is 26.5. The van der Waals surface area contributed by atoms with Crippen LogP contribution in [0.2, 0.25) is 5.02 Å². The van der Waals surface area contributed by atoms with Gasteiger partial charge in [0.05, 0.1) is 19.8 Å². The minimum Gasteiger partial charge on any atom is -0.445 e. The Morgan fingerprint density at radius 3 is 2.53 bits per heavy atom. The summed E-state index contributed by atoms with van der Waals surface area (Å²) in [5, 5.41) is 12.3. The Morgan fingerprint density at radius 1 is 1.08 bits per heavy atom. The molecule has 10 nitrogen and oxygen atoms in total. The second kappa shape index (κ2) is 11.2. The number of aliphatic imine (C=N–C) groups is 1. The number of amides is 2. The number of benzene rings is 2. The predicted octanol–water partition coefficient (Wildman–Crippen LogP) is 3.47. The molecule has 196 valence electrons. The molecule has 0 aliphatic carbocycles. The molecule has 2 aromatic carbocycles. The Labute approximate surface area is 224 Å². The molecule has 11 heteroatoms. The van der Waals surface area contributed by atoms with Crippen molar-refractivity contribution in [2.75, 3.05) is 13.2 Å². The number of carbonyl (C=O) groups excluding carboxylic acids is 2. The highest BCUT2D eigenvalue weighted by Crippen LogP contribution is 2.25. The van der Waals surface area contributed by atoms with Gasteiger partial charge in [-0.1, -0.05) is 60.6 Å². The lowest BCUT2D eigenvalue weighted by Gasteiger charge is -2.28. The molecule has 0 spiro atoms. The highest BCUT2D eigenvalue weighted by molar-refractivity contribution is 6.30. The van der Waals surface area contributed by atoms with Crippen LogP contribution in [0.15, 0.2) is 72.2 Å². The van der Waals surface area contributed by atoms with Gasteiger partial charge in [0, 0.05) is 24.3 Å². The summed E-state index contributed by atoms with van der Waals surface area (Å²) in [4.78, 5) is 31.2. The van der Waals surface area contributed by atoms with Gasteiger partial charge in [0.2, 0.25) is 0 Å². The highest BCUT2D eigenvalue weighted by atomic mass is 35.5. The third-order valence-corrected chi connectivity index (χ3v) is 6.66. The summed E-state index contributed by atoms with van der Waals surface area (Å²) in [5.41, 5.74) is 0.838. The molecule has 2 amide bonds. The van der Waals surface area contributed by atoms with Crippen molar-refractivity contribution in [2.45, 2.75) is 37.9 Å². The van der Waals surface area contributed by atoms with Gasteiger partial charge in [0.25, 0.3) is 5.91 Å². The molecule has 0 fully saturated rings. The van der Waals surface area contributed by atoms with Gasteiger partial charge < -0.3 is 19.4 Å². The number of nitrogens with one attached hydrogen (secondary N) is 1. The Balaban J connectivity index is 1.25. The van der Waals surface area contributed by atoms with Crippen LogP contribution in [0.5, 0.6) is 0 Å². The van der Waals surface area contributed by atoms with Crippen LogP contribution in [0.1, 0.15) is 28.8 Å². The molecule has 2 aliphatic heterocycles. The largest absolute Gasteiger partial charge is 0.445 e. The molecule has 5 rings (SSSR count). The van der Waals surface area contributed by atoms with Gasteiger partial charge in [0.15, 0.2) is 17.2 Å². The van der Waals surface area contributed by atoms with E-state index in [4.69, 9.17) is 21.1 Å². The van der Waals surface area contributed by atoms with Crippen LogP contribution in [0.3, 0.4) is 0 Å². The molecule has 1 unspecified atom stereocenters. The number of nitrogens with zero attached hydrogens (tertiary/aromatic N) is 5. The van der Waals surface area contributed by atoms with Crippen LogP contribution in [0.25, 0.3) is 0 Å². The Hall–Kier alpha value is -4.02. The first-order valence-electron chi connectivity index (χ1n) is 12.2. The fourth-order valence-corrected chi connectivity index (χ4v) is 4.25. The number of carbonyl (C=O) groups is 2. The van der Waals surface area contributed by atoms with Crippen LogP contribution in [-0.4, -0.2) is 56.6 Å². The minimum atomic E-state index is -1.02. The summed E-state index contributed by atoms with van der Waals surface area (Å²) in [5.74, 6) is 0.843. The summed E-state index contributed by atoms with van der Waals surface area (Å²) in [7, 11) is 0. The monoisotopic (exact) mass is 534 g/mol. The maximum atomic E-state index is 12.9. The first-order valence-corrected chi connectivity index (χ1v) is 12.6. The maximum absolute atomic E-state index is 12.9. The Morgan fingerprint density at radius 2 is 1.82 bits per heavy atom. The smallest absolute Gasteiger partial charge is 0.410 e. The van der Waals surface area contributed by atoms with Crippen molar-refractivity contribution < 1.29 is 19.1 Å². The molecular weight excluding hydrogens is 508 g/mol. The summed E-state index contributed by atoms with van der Waals surface area (Å²) in [6.45, 7) is 5.50. The summed E-state index contributed by atoms with van der Waals surface area (Å²) in [6, 6.07) is 16.3. The van der Waals surface area contributed by atoms with Crippen LogP contribution >= 0.6 is 11.6 Å². The zero-order valence-corrected chi connectivity index (χ0v) is 21.4. The third kappa shape index (κ3) is 5.76. The molecule has 2 atom stereocenters. The van der Waals surface area contributed by atoms with E-state index in [0.29, 0.717) is 36.4 Å². The predicted molar refractivity (Wildman–Crippen MR) is 140 cm³/mol. The zero-order valence-electron chi connectivity index (χ0n) is 20.6. The normalized spacial score (nSPS) is 18.4. The van der Waals surface area contributed by atoms with Crippen molar-refractivity contribution in [3.05, 3.63) is 95.1 Å². The summed E-state index contributed by atoms with van der Waals surface area (Å²) in [6.07, 6.45) is 2.60. The van der Waals surface area contributed by atoms with E-state index >= 15 is 0 Å². The van der Waals surface area contributed by atoms with Gasteiger partial charge in [0.1, 0.15) is 12.6 Å². The lowest BCUT2D eigenvalue weighted by atomic mass is 10.1. The summed E-state index contributed by atoms with van der Waals surface area (Å²) < 4.78 is 13.3. The first-order chi connectivity index (χ1) is 18.5. The second-order valence-electron chi connectivity index (χ2n) is 9.04. The van der Waals surface area contributed by atoms with E-state index in [2.05, 4.69) is 27.1 Å². The van der Waals surface area contributed by atoms with Crippen molar-refractivity contribution in [1.29, 1.82) is 0 Å². The third-order valence-electron chi connectivity index (χ3n) is 6.41. The number of hydrogen-bond acceptors (Lipinski definition) is 7. The number of fused-ring (bicyclic) bond motifs is 1. The van der Waals surface area contributed by atoms with Crippen molar-refractivity contribution in [3.8, 4) is 0 Å². The molecule has 1 aromatic heterocycles. The molecule has 3 heterocycles. The summed E-state index contributed by atoms with van der Waals surface area (Å²) >= 11 is 5.91. The van der Waals surface area contributed by atoms with Crippen molar-refractivity contribution in [1.82, 2.24) is 25.0 Å². The standard InChI is InChI=1S/C27H27ClN6O4/c1-2-27(18-29-27)25(35)30-22(17-37-15-19-6-4-3-5-7-19)24-32-31-23-14-33(12-13-34(23)24)26(36)38-16-20-8-10-21(28)11-9-20/h2-11,18,22H,1,12-17H2,(H,30,35)/t22-,27?/m1/s1. The van der Waals surface area contributed by atoms with Crippen molar-refractivity contribution >= 4 is 29.8 Å². The second-order valence-corrected chi connectivity index (χ2v) is 9.48. The van der Waals surface area contributed by atoms with Gasteiger partial charge in [-0.05, 0) is 29.3 Å². The van der Waals surface area contributed by atoms with Crippen molar-refractivity contribution in [2.24, 2.45) is 4.99 Å². The number of aromatic nitrogens is 3. The van der Waals surface area contributed by atoms with E-state index in [1.807, 2.05) is 47.0 Å². The molecule has 0 saturated carbocycles. The van der Waals surface area contributed by atoms with Crippen molar-refractivity contribution in [3.63, 3.8) is 0 Å². The van der Waals surface area contributed by atoms with Gasteiger partial charge in [-0.3, -0.25) is 14.7 Å². The van der Waals surface area contributed by atoms with E-state index in [9.17, 15) is 9.59 Å². The maximum Gasteiger partial charge on any atom is 0.410 e. The lowest BCUT2D eigenvalue weighted by Crippen LogP contribution is -2.43. The van der Waals surface area contributed by atoms with E-state index in [-0.39, 0.29) is 25.7 Å². The van der Waals surface area contributed by atoms with Crippen LogP contribution in [0.4, 0.5) is 4.79 Å². The van der Waals surface area contributed by atoms with Crippen LogP contribution in [-0.2, 0) is 40.6 Å². The Bertz CT molecular complexity index is 1340. The first kappa shape index (κ1) is 25.6. The molecule has 38 heavy (non-hydrogen) atoms. The molecule has 1 N–H and O–H groups in total. The van der Waals surface area contributed by atoms with E-state index in [0.717, 1.165) is 11.1 Å². The Kier molecular flexibility index (Phi) is 7.52. The number of ether oxygens (including phenoxy) is 2.